The van der Waals surface area contributed by atoms with Gasteiger partial charge >= 0.3 is 0 Å². The van der Waals surface area contributed by atoms with Crippen LogP contribution in [0.2, 0.25) is 58.9 Å². The quantitative estimate of drug-likeness (QED) is 0.477. The molecule has 23 heavy (non-hydrogen) atoms. The molecule has 0 bridgehead atoms. The zero-order chi connectivity index (χ0) is 19.0. The summed E-state index contributed by atoms with van der Waals surface area (Å²) in [6.45, 7) is 16.8. The molecule has 0 saturated carbocycles. The second-order valence-corrected chi connectivity index (χ2v) is 25.4. The average Bonchev–Trinajstić information content (AvgIpc) is 2.31. The lowest BCUT2D eigenvalue weighted by Gasteiger charge is -2.49. The van der Waals surface area contributed by atoms with Gasteiger partial charge < -0.3 is 25.2 Å². The number of carbonyl (C=O) groups is 1. The molecule has 4 N–H and O–H groups in total. The molecule has 4 atom stereocenters. The first-order chi connectivity index (χ1) is 9.86. The molecule has 1 unspecified atom stereocenters. The van der Waals surface area contributed by atoms with Crippen molar-refractivity contribution in [1.29, 1.82) is 0 Å². The summed E-state index contributed by atoms with van der Waals surface area (Å²) in [5.74, 6) is 0. The van der Waals surface area contributed by atoms with Gasteiger partial charge in [0.2, 0.25) is 0 Å². The Kier molecular flexibility index (Phi) is 7.24. The number of hydrogen-bond donors (Lipinski definition) is 4. The summed E-state index contributed by atoms with van der Waals surface area (Å²) in [5.41, 5.74) is -1.07. The molecular weight excluding hydrogens is 344 g/mol. The second-order valence-electron chi connectivity index (χ2n) is 9.72. The minimum Gasteiger partial charge on any atom is -0.394 e. The largest absolute Gasteiger partial charge is 0.394 e. The van der Waals surface area contributed by atoms with Gasteiger partial charge in [0.1, 0.15) is 24.8 Å². The third-order valence-corrected chi connectivity index (χ3v) is 11.6. The molecule has 138 valence electrons. The van der Waals surface area contributed by atoms with Crippen molar-refractivity contribution in [1.82, 2.24) is 0 Å². The first-order valence-electron chi connectivity index (χ1n) is 8.16. The number of aliphatic hydroxyl groups excluding tert-OH is 3. The van der Waals surface area contributed by atoms with Crippen molar-refractivity contribution in [2.45, 2.75) is 88.5 Å². The molecule has 0 fully saturated rings. The predicted molar refractivity (Wildman–Crippen MR) is 103 cm³/mol. The molecule has 0 aromatic heterocycles. The molecule has 0 radical (unpaired) electrons. The van der Waals surface area contributed by atoms with Gasteiger partial charge in [0.05, 0.1) is 28.0 Å². The molecule has 0 spiro atoms. The van der Waals surface area contributed by atoms with Gasteiger partial charge in [-0.2, -0.15) is 0 Å². The van der Waals surface area contributed by atoms with E-state index in [1.807, 2.05) is 58.9 Å². The fraction of sp³-hybridized carbons (Fsp3) is 0.933. The van der Waals surface area contributed by atoms with Crippen molar-refractivity contribution in [2.75, 3.05) is 0 Å². The number of carbonyl (C=O) groups excluding carboxylic acids is 1. The normalized spacial score (nSPS) is 20.6. The fourth-order valence-electron chi connectivity index (χ4n) is 2.49. The predicted octanol–water partition coefficient (Wildman–Crippen LogP) is 1.39. The van der Waals surface area contributed by atoms with Crippen LogP contribution in [-0.2, 0) is 4.79 Å². The van der Waals surface area contributed by atoms with Crippen molar-refractivity contribution in [2.24, 2.45) is 0 Å². The van der Waals surface area contributed by atoms with E-state index >= 15 is 0 Å². The standard InChI is InChI=1S/C15H36O5Si3/c1-21(2,3)12(17)10-11(16)15(20,23(7,8)9)13(18)14(19)22(4,5)6/h11,13-14,16,18-20H,10H2,1-9H3/t11-,13-,14?,15-/m1/s1. The SMILES string of the molecule is C[Si](C)(C)C(=O)C[C@@H](O)[C@](O)([C@H](O)C(O)[Si](C)(C)C)[Si](C)(C)C. The van der Waals surface area contributed by atoms with E-state index in [4.69, 9.17) is 0 Å². The fourth-order valence-corrected chi connectivity index (χ4v) is 6.81. The monoisotopic (exact) mass is 380 g/mol. The van der Waals surface area contributed by atoms with Crippen LogP contribution in [0, 0.1) is 0 Å². The zero-order valence-electron chi connectivity index (χ0n) is 16.1. The molecular formula is C15H36O5Si3. The minimum atomic E-state index is -2.52. The van der Waals surface area contributed by atoms with Crippen molar-refractivity contribution < 1.29 is 25.2 Å². The summed E-state index contributed by atoms with van der Waals surface area (Å²) in [5, 5.41) is 41.2. The van der Waals surface area contributed by atoms with Crippen LogP contribution >= 0.6 is 0 Å². The summed E-state index contributed by atoms with van der Waals surface area (Å²) in [7, 11) is -6.77. The van der Waals surface area contributed by atoms with Gasteiger partial charge in [0.15, 0.2) is 0 Å². The van der Waals surface area contributed by atoms with Gasteiger partial charge in [-0.3, -0.25) is 0 Å². The molecule has 0 rings (SSSR count). The van der Waals surface area contributed by atoms with Crippen LogP contribution in [0.25, 0.3) is 0 Å². The first kappa shape index (κ1) is 23.2. The van der Waals surface area contributed by atoms with E-state index in [1.54, 1.807) is 0 Å². The highest BCUT2D eigenvalue weighted by molar-refractivity contribution is 7.03. The smallest absolute Gasteiger partial charge is 0.124 e. The Morgan fingerprint density at radius 3 is 1.57 bits per heavy atom. The summed E-state index contributed by atoms with van der Waals surface area (Å²) < 4.78 is 0. The molecule has 0 aromatic carbocycles. The van der Waals surface area contributed by atoms with Crippen LogP contribution in [0.5, 0.6) is 0 Å². The third kappa shape index (κ3) is 5.32. The van der Waals surface area contributed by atoms with Gasteiger partial charge in [-0.15, -0.1) is 0 Å². The van der Waals surface area contributed by atoms with Crippen molar-refractivity contribution in [3.05, 3.63) is 0 Å². The van der Waals surface area contributed by atoms with Gasteiger partial charge in [-0.05, 0) is 0 Å². The number of hydrogen-bond acceptors (Lipinski definition) is 5. The summed E-state index contributed by atoms with van der Waals surface area (Å²) in [6.07, 6.45) is -2.99. The molecule has 0 aromatic rings. The van der Waals surface area contributed by atoms with Gasteiger partial charge in [-0.1, -0.05) is 58.9 Å². The lowest BCUT2D eigenvalue weighted by atomic mass is 10.0. The van der Waals surface area contributed by atoms with Crippen LogP contribution in [0.3, 0.4) is 0 Å². The number of rotatable bonds is 8. The maximum absolute atomic E-state index is 12.3. The summed E-state index contributed by atoms with van der Waals surface area (Å²) in [6, 6.07) is 0. The molecule has 8 heteroatoms. The van der Waals surface area contributed by atoms with E-state index in [2.05, 4.69) is 0 Å². The molecule has 5 nitrogen and oxygen atoms in total. The van der Waals surface area contributed by atoms with Gasteiger partial charge in [0.25, 0.3) is 0 Å². The minimum absolute atomic E-state index is 0.0450. The van der Waals surface area contributed by atoms with Crippen LogP contribution < -0.4 is 0 Å². The molecule has 0 amide bonds. The van der Waals surface area contributed by atoms with E-state index in [9.17, 15) is 25.2 Å². The van der Waals surface area contributed by atoms with Crippen LogP contribution in [-0.4, -0.2) is 73.2 Å². The average molecular weight is 381 g/mol. The zero-order valence-corrected chi connectivity index (χ0v) is 19.1. The number of aliphatic hydroxyl groups is 4. The van der Waals surface area contributed by atoms with Crippen molar-refractivity contribution in [3.8, 4) is 0 Å². The van der Waals surface area contributed by atoms with E-state index in [1.165, 1.54) is 0 Å². The highest BCUT2D eigenvalue weighted by atomic mass is 28.3. The van der Waals surface area contributed by atoms with Crippen LogP contribution in [0.4, 0.5) is 0 Å². The third-order valence-electron chi connectivity index (χ3n) is 4.56. The second kappa shape index (κ2) is 7.19. The molecule has 0 aliphatic carbocycles. The van der Waals surface area contributed by atoms with E-state index in [0.717, 1.165) is 0 Å². The van der Waals surface area contributed by atoms with Gasteiger partial charge in [-0.25, -0.2) is 0 Å². The first-order valence-corrected chi connectivity index (χ1v) is 18.7. The molecule has 0 heterocycles. The Hall–Kier alpha value is 0.161. The summed E-state index contributed by atoms with van der Waals surface area (Å²) in [4.78, 5) is 12.3. The Morgan fingerprint density at radius 1 is 0.913 bits per heavy atom. The molecule has 0 saturated heterocycles. The Morgan fingerprint density at radius 2 is 1.30 bits per heavy atom. The van der Waals surface area contributed by atoms with E-state index in [-0.39, 0.29) is 11.8 Å². The van der Waals surface area contributed by atoms with Gasteiger partial charge in [0, 0.05) is 6.42 Å². The van der Waals surface area contributed by atoms with Crippen LogP contribution in [0.15, 0.2) is 0 Å². The molecule has 0 aliphatic rings. The Balaban J connectivity index is 5.73. The van der Waals surface area contributed by atoms with Crippen LogP contribution in [0.1, 0.15) is 6.42 Å². The maximum Gasteiger partial charge on any atom is 0.124 e. The topological polar surface area (TPSA) is 98.0 Å². The maximum atomic E-state index is 12.3. The van der Waals surface area contributed by atoms with Crippen molar-refractivity contribution >= 4 is 29.6 Å². The summed E-state index contributed by atoms with van der Waals surface area (Å²) >= 11 is 0. The Bertz CT molecular complexity index is 422. The highest BCUT2D eigenvalue weighted by Crippen LogP contribution is 2.34. The lowest BCUT2D eigenvalue weighted by Crippen LogP contribution is -2.72. The van der Waals surface area contributed by atoms with Crippen molar-refractivity contribution in [3.63, 3.8) is 0 Å². The lowest BCUT2D eigenvalue weighted by molar-refractivity contribution is -0.134. The van der Waals surface area contributed by atoms with E-state index < -0.39 is 47.4 Å². The highest BCUT2D eigenvalue weighted by Gasteiger charge is 2.57. The Labute approximate surface area is 143 Å². The molecule has 0 aliphatic heterocycles. The van der Waals surface area contributed by atoms with E-state index in [0.29, 0.717) is 0 Å².